The van der Waals surface area contributed by atoms with E-state index >= 15 is 0 Å². The highest BCUT2D eigenvalue weighted by molar-refractivity contribution is 7.92. The zero-order chi connectivity index (χ0) is 19.8. The number of hydrogen-bond acceptors (Lipinski definition) is 5. The molecular weight excluding hydrogens is 376 g/mol. The zero-order valence-corrected chi connectivity index (χ0v) is 16.8. The molecule has 1 aliphatic heterocycles. The summed E-state index contributed by atoms with van der Waals surface area (Å²) in [7, 11) is -1.76. The van der Waals surface area contributed by atoms with E-state index in [2.05, 4.69) is 4.90 Å². The molecule has 1 fully saturated rings. The van der Waals surface area contributed by atoms with Crippen LogP contribution >= 0.6 is 0 Å². The summed E-state index contributed by atoms with van der Waals surface area (Å²) >= 11 is 0. The minimum absolute atomic E-state index is 0.490. The summed E-state index contributed by atoms with van der Waals surface area (Å²) in [6.45, 7) is 3.70. The van der Waals surface area contributed by atoms with Gasteiger partial charge < -0.3 is 9.47 Å². The second-order valence-electron chi connectivity index (χ2n) is 6.52. The van der Waals surface area contributed by atoms with Crippen molar-refractivity contribution in [3.63, 3.8) is 0 Å². The van der Waals surface area contributed by atoms with Crippen molar-refractivity contribution in [2.45, 2.75) is 0 Å². The van der Waals surface area contributed by atoms with E-state index in [-0.39, 0.29) is 0 Å². The van der Waals surface area contributed by atoms with Gasteiger partial charge in [-0.1, -0.05) is 30.3 Å². The molecule has 0 aliphatic carbocycles. The summed E-state index contributed by atoms with van der Waals surface area (Å²) in [5.74, 6) is 1.60. The smallest absolute Gasteiger partial charge is 0.236 e. The highest BCUT2D eigenvalue weighted by atomic mass is 32.2. The van der Waals surface area contributed by atoms with E-state index in [1.54, 1.807) is 13.2 Å². The van der Waals surface area contributed by atoms with E-state index in [0.29, 0.717) is 32.8 Å². The van der Waals surface area contributed by atoms with E-state index < -0.39 is 10.0 Å². The number of methoxy groups -OCH3 is 1. The van der Waals surface area contributed by atoms with Gasteiger partial charge in [0.05, 0.1) is 7.11 Å². The Morgan fingerprint density at radius 1 is 0.929 bits per heavy atom. The first-order chi connectivity index (χ1) is 13.6. The van der Waals surface area contributed by atoms with E-state index in [0.717, 1.165) is 23.6 Å². The van der Waals surface area contributed by atoms with Crippen LogP contribution < -0.4 is 9.47 Å². The van der Waals surface area contributed by atoms with Gasteiger partial charge >= 0.3 is 0 Å². The van der Waals surface area contributed by atoms with Crippen molar-refractivity contribution in [1.29, 1.82) is 0 Å². The van der Waals surface area contributed by atoms with Crippen LogP contribution in [0.1, 0.15) is 5.56 Å². The molecular formula is C21H26N2O4S. The molecule has 28 heavy (non-hydrogen) atoms. The summed E-state index contributed by atoms with van der Waals surface area (Å²) in [5, 5.41) is 1.30. The fourth-order valence-corrected chi connectivity index (χ4v) is 4.16. The highest BCUT2D eigenvalue weighted by Gasteiger charge is 2.24. The van der Waals surface area contributed by atoms with Crippen LogP contribution in [0.3, 0.4) is 0 Å². The molecule has 0 radical (unpaired) electrons. The number of piperazine rings is 1. The Balaban J connectivity index is 1.42. The minimum Gasteiger partial charge on any atom is -0.497 e. The number of hydrogen-bond donors (Lipinski definition) is 0. The van der Waals surface area contributed by atoms with Crippen LogP contribution in [0.25, 0.3) is 6.08 Å². The van der Waals surface area contributed by atoms with Crippen LogP contribution in [-0.2, 0) is 10.0 Å². The van der Waals surface area contributed by atoms with Gasteiger partial charge in [-0.25, -0.2) is 8.42 Å². The molecule has 3 rings (SSSR count). The Labute approximate surface area is 167 Å². The first-order valence-corrected chi connectivity index (χ1v) is 10.8. The largest absolute Gasteiger partial charge is 0.497 e. The number of ether oxygens (including phenoxy) is 2. The average molecular weight is 403 g/mol. The first-order valence-electron chi connectivity index (χ1n) is 9.29. The quantitative estimate of drug-likeness (QED) is 0.680. The molecule has 1 heterocycles. The lowest BCUT2D eigenvalue weighted by Crippen LogP contribution is -2.48. The summed E-state index contributed by atoms with van der Waals surface area (Å²) in [6, 6.07) is 16.9. The lowest BCUT2D eigenvalue weighted by molar-refractivity contribution is 0.159. The lowest BCUT2D eigenvalue weighted by atomic mass is 10.2. The van der Waals surface area contributed by atoms with E-state index in [1.807, 2.05) is 54.6 Å². The molecule has 6 nitrogen and oxygen atoms in total. The Hall–Kier alpha value is -2.35. The lowest BCUT2D eigenvalue weighted by Gasteiger charge is -2.33. The molecule has 0 aromatic heterocycles. The number of nitrogens with zero attached hydrogens (tertiary/aromatic N) is 2. The summed E-state index contributed by atoms with van der Waals surface area (Å²) in [6.07, 6.45) is 1.64. The van der Waals surface area contributed by atoms with E-state index in [1.165, 1.54) is 9.71 Å². The van der Waals surface area contributed by atoms with Crippen LogP contribution in [0.15, 0.2) is 60.0 Å². The van der Waals surface area contributed by atoms with Crippen molar-refractivity contribution in [2.75, 3.05) is 46.4 Å². The van der Waals surface area contributed by atoms with Gasteiger partial charge in [0, 0.05) is 38.1 Å². The van der Waals surface area contributed by atoms with Crippen molar-refractivity contribution >= 4 is 16.1 Å². The van der Waals surface area contributed by atoms with Crippen molar-refractivity contribution in [3.05, 3.63) is 65.6 Å². The zero-order valence-electron chi connectivity index (χ0n) is 16.0. The second-order valence-corrected chi connectivity index (χ2v) is 8.34. The number of benzene rings is 2. The van der Waals surface area contributed by atoms with E-state index in [9.17, 15) is 8.42 Å². The SMILES string of the molecule is COc1ccc(OCCN2CCN(S(=O)(=O)/C=C/c3ccccc3)CC2)cc1. The molecule has 150 valence electrons. The van der Waals surface area contributed by atoms with Crippen LogP contribution in [-0.4, -0.2) is 64.1 Å². The Morgan fingerprint density at radius 2 is 1.57 bits per heavy atom. The van der Waals surface area contributed by atoms with Crippen molar-refractivity contribution in [1.82, 2.24) is 9.21 Å². The van der Waals surface area contributed by atoms with E-state index in [4.69, 9.17) is 9.47 Å². The summed E-state index contributed by atoms with van der Waals surface area (Å²) in [4.78, 5) is 2.22. The molecule has 1 saturated heterocycles. The monoisotopic (exact) mass is 402 g/mol. The molecule has 7 heteroatoms. The van der Waals surface area contributed by atoms with Crippen molar-refractivity contribution in [3.8, 4) is 11.5 Å². The van der Waals surface area contributed by atoms with Gasteiger partial charge in [0.1, 0.15) is 18.1 Å². The first kappa shape index (κ1) is 20.4. The fourth-order valence-electron chi connectivity index (χ4n) is 2.99. The van der Waals surface area contributed by atoms with Crippen LogP contribution in [0.5, 0.6) is 11.5 Å². The van der Waals surface area contributed by atoms with Gasteiger partial charge in [-0.05, 0) is 35.9 Å². The average Bonchev–Trinajstić information content (AvgIpc) is 2.74. The minimum atomic E-state index is -3.39. The highest BCUT2D eigenvalue weighted by Crippen LogP contribution is 2.17. The Kier molecular flexibility index (Phi) is 7.08. The molecule has 1 aliphatic rings. The van der Waals surface area contributed by atoms with Gasteiger partial charge in [-0.2, -0.15) is 4.31 Å². The third kappa shape index (κ3) is 5.82. The maximum absolute atomic E-state index is 12.5. The van der Waals surface area contributed by atoms with Gasteiger partial charge in [0.15, 0.2) is 0 Å². The van der Waals surface area contributed by atoms with Gasteiger partial charge in [0.25, 0.3) is 0 Å². The number of rotatable bonds is 8. The molecule has 2 aromatic rings. The van der Waals surface area contributed by atoms with Crippen LogP contribution in [0.4, 0.5) is 0 Å². The maximum atomic E-state index is 12.5. The third-order valence-corrected chi connectivity index (χ3v) is 6.22. The molecule has 0 atom stereocenters. The van der Waals surface area contributed by atoms with Crippen LogP contribution in [0.2, 0.25) is 0 Å². The standard InChI is InChI=1S/C21H26N2O4S/c1-26-20-7-9-21(10-8-20)27-17-16-22-12-14-23(15-13-22)28(24,25)18-11-19-5-3-2-4-6-19/h2-11,18H,12-17H2,1H3/b18-11+. The van der Waals surface area contributed by atoms with Crippen molar-refractivity contribution < 1.29 is 17.9 Å². The summed E-state index contributed by atoms with van der Waals surface area (Å²) in [5.41, 5.74) is 0.875. The fraction of sp³-hybridized carbons (Fsp3) is 0.333. The number of sulfonamides is 1. The molecule has 0 bridgehead atoms. The molecule has 2 aromatic carbocycles. The third-order valence-electron chi connectivity index (χ3n) is 4.66. The van der Waals surface area contributed by atoms with Crippen LogP contribution in [0, 0.1) is 0 Å². The summed E-state index contributed by atoms with van der Waals surface area (Å²) < 4.78 is 37.4. The topological polar surface area (TPSA) is 59.1 Å². The maximum Gasteiger partial charge on any atom is 0.236 e. The second kappa shape index (κ2) is 9.73. The predicted molar refractivity (Wildman–Crippen MR) is 111 cm³/mol. The Bertz CT molecular complexity index is 859. The van der Waals surface area contributed by atoms with Gasteiger partial charge in [-0.15, -0.1) is 0 Å². The normalized spacial score (nSPS) is 16.3. The predicted octanol–water partition coefficient (Wildman–Crippen LogP) is 2.69. The molecule has 0 amide bonds. The molecule has 0 saturated carbocycles. The van der Waals surface area contributed by atoms with Gasteiger partial charge in [0.2, 0.25) is 10.0 Å². The molecule has 0 unspecified atom stereocenters. The van der Waals surface area contributed by atoms with Gasteiger partial charge in [-0.3, -0.25) is 4.90 Å². The van der Waals surface area contributed by atoms with Crippen molar-refractivity contribution in [2.24, 2.45) is 0 Å². The molecule has 0 spiro atoms. The Morgan fingerprint density at radius 3 is 2.21 bits per heavy atom. The molecule has 0 N–H and O–H groups in total.